The van der Waals surface area contributed by atoms with E-state index in [1.54, 1.807) is 13.0 Å². The van der Waals surface area contributed by atoms with Gasteiger partial charge in [-0.25, -0.2) is 17.9 Å². The van der Waals surface area contributed by atoms with Gasteiger partial charge in [0, 0.05) is 17.7 Å². The second-order valence-electron chi connectivity index (χ2n) is 8.03. The summed E-state index contributed by atoms with van der Waals surface area (Å²) in [6.07, 6.45) is -4.24. The summed E-state index contributed by atoms with van der Waals surface area (Å²) in [5, 5.41) is 39.6. The van der Waals surface area contributed by atoms with Crippen LogP contribution in [0.15, 0.2) is 48.7 Å². The van der Waals surface area contributed by atoms with Crippen LogP contribution in [0.4, 0.5) is 13.2 Å². The molecule has 9 nitrogen and oxygen atoms in total. The van der Waals surface area contributed by atoms with E-state index in [2.05, 4.69) is 10.3 Å². The van der Waals surface area contributed by atoms with Crippen LogP contribution in [-0.2, 0) is 4.74 Å². The molecule has 1 saturated heterocycles. The third kappa shape index (κ3) is 4.78. The third-order valence-corrected chi connectivity index (χ3v) is 5.88. The molecule has 3 aromatic rings. The van der Waals surface area contributed by atoms with Gasteiger partial charge in [-0.1, -0.05) is 17.3 Å². The molecule has 35 heavy (non-hydrogen) atoms. The molecule has 5 atom stereocenters. The molecule has 1 aliphatic heterocycles. The Morgan fingerprint density at radius 1 is 1.11 bits per heavy atom. The smallest absolute Gasteiger partial charge is 0.256 e. The molecule has 0 spiro atoms. The first-order chi connectivity index (χ1) is 16.7. The minimum absolute atomic E-state index is 0.00752. The zero-order valence-corrected chi connectivity index (χ0v) is 18.5. The molecule has 0 bridgehead atoms. The van der Waals surface area contributed by atoms with E-state index in [1.165, 1.54) is 24.4 Å². The van der Waals surface area contributed by atoms with Gasteiger partial charge in [0.1, 0.15) is 35.9 Å². The third-order valence-electron chi connectivity index (χ3n) is 5.88. The molecular weight excluding hydrogens is 469 g/mol. The highest BCUT2D eigenvalue weighted by molar-refractivity contribution is 5.94. The predicted molar refractivity (Wildman–Crippen MR) is 115 cm³/mol. The van der Waals surface area contributed by atoms with Gasteiger partial charge in [-0.2, -0.15) is 0 Å². The Morgan fingerprint density at radius 3 is 2.54 bits per heavy atom. The van der Waals surface area contributed by atoms with E-state index in [9.17, 15) is 33.3 Å². The standard InChI is InChI=1S/C23H23F3N4O5/c1-2-29(22(34)13-6-7-15(25)16(26)9-13)23-21(33)19(20(32)18(11-31)35-23)30-10-17(27-28-30)12-4-3-5-14(24)8-12/h3-10,18-21,23,31-33H,2,11H2,1H3/t18-,19+,20+,21-,23-/m1/s1. The van der Waals surface area contributed by atoms with Gasteiger partial charge in [0.15, 0.2) is 17.9 Å². The van der Waals surface area contributed by atoms with Crippen LogP contribution in [0.1, 0.15) is 23.3 Å². The number of aliphatic hydroxyl groups excluding tert-OH is 3. The van der Waals surface area contributed by atoms with Gasteiger partial charge in [0.2, 0.25) is 0 Å². The summed E-state index contributed by atoms with van der Waals surface area (Å²) < 4.78 is 47.5. The molecular formula is C23H23F3N4O5. The van der Waals surface area contributed by atoms with Crippen molar-refractivity contribution in [3.63, 3.8) is 0 Å². The van der Waals surface area contributed by atoms with Gasteiger partial charge in [0.25, 0.3) is 5.91 Å². The van der Waals surface area contributed by atoms with E-state index in [0.717, 1.165) is 27.8 Å². The van der Waals surface area contributed by atoms with Gasteiger partial charge in [0.05, 0.1) is 12.8 Å². The Bertz CT molecular complexity index is 1210. The van der Waals surface area contributed by atoms with Crippen molar-refractivity contribution in [2.45, 2.75) is 37.5 Å². The minimum atomic E-state index is -1.57. The number of carbonyl (C=O) groups is 1. The maximum absolute atomic E-state index is 13.7. The Balaban J connectivity index is 1.66. The highest BCUT2D eigenvalue weighted by Gasteiger charge is 2.49. The number of likely N-dealkylation sites (N-methyl/N-ethyl adjacent to an activating group) is 1. The van der Waals surface area contributed by atoms with E-state index in [0.29, 0.717) is 5.56 Å². The SMILES string of the molecule is CCN(C(=O)c1ccc(F)c(F)c1)[C@@H]1O[C@H](CO)[C@H](O)[C@H](n2cc(-c3cccc(F)c3)nn2)[C@H]1O. The Kier molecular flexibility index (Phi) is 7.17. The number of benzene rings is 2. The molecule has 1 fully saturated rings. The molecule has 1 amide bonds. The van der Waals surface area contributed by atoms with Gasteiger partial charge < -0.3 is 25.0 Å². The average molecular weight is 492 g/mol. The quantitative estimate of drug-likeness (QED) is 0.477. The van der Waals surface area contributed by atoms with Gasteiger partial charge in [-0.3, -0.25) is 4.79 Å². The molecule has 186 valence electrons. The summed E-state index contributed by atoms with van der Waals surface area (Å²) in [5.41, 5.74) is 0.489. The van der Waals surface area contributed by atoms with Crippen molar-refractivity contribution in [1.82, 2.24) is 19.9 Å². The number of carbonyl (C=O) groups excluding carboxylic acids is 1. The van der Waals surface area contributed by atoms with Crippen molar-refractivity contribution in [3.8, 4) is 11.3 Å². The fourth-order valence-electron chi connectivity index (χ4n) is 4.09. The molecule has 2 aromatic carbocycles. The maximum Gasteiger partial charge on any atom is 0.256 e. The number of amides is 1. The van der Waals surface area contributed by atoms with Crippen molar-refractivity contribution >= 4 is 5.91 Å². The number of halogens is 3. The Hall–Kier alpha value is -3.32. The van der Waals surface area contributed by atoms with Crippen LogP contribution in [0.2, 0.25) is 0 Å². The molecule has 0 aliphatic carbocycles. The van der Waals surface area contributed by atoms with Crippen LogP contribution in [0.5, 0.6) is 0 Å². The molecule has 0 saturated carbocycles. The van der Waals surface area contributed by atoms with Crippen LogP contribution in [0, 0.1) is 17.5 Å². The second kappa shape index (κ2) is 10.1. The Morgan fingerprint density at radius 2 is 1.89 bits per heavy atom. The van der Waals surface area contributed by atoms with Gasteiger partial charge >= 0.3 is 0 Å². The summed E-state index contributed by atoms with van der Waals surface area (Å²) in [5.74, 6) is -3.59. The fourth-order valence-corrected chi connectivity index (χ4v) is 4.09. The van der Waals surface area contributed by atoms with Crippen molar-refractivity contribution in [2.75, 3.05) is 13.2 Å². The highest BCUT2D eigenvalue weighted by atomic mass is 19.2. The van der Waals surface area contributed by atoms with E-state index in [-0.39, 0.29) is 17.8 Å². The van der Waals surface area contributed by atoms with E-state index < -0.39 is 60.5 Å². The predicted octanol–water partition coefficient (Wildman–Crippen LogP) is 1.50. The molecule has 0 unspecified atom stereocenters. The zero-order valence-electron chi connectivity index (χ0n) is 18.5. The lowest BCUT2D eigenvalue weighted by atomic mass is 9.94. The van der Waals surface area contributed by atoms with Crippen LogP contribution in [0.25, 0.3) is 11.3 Å². The number of ether oxygens (including phenoxy) is 1. The first-order valence-corrected chi connectivity index (χ1v) is 10.8. The largest absolute Gasteiger partial charge is 0.394 e. The topological polar surface area (TPSA) is 121 Å². The van der Waals surface area contributed by atoms with Crippen LogP contribution < -0.4 is 0 Å². The van der Waals surface area contributed by atoms with Gasteiger partial charge in [-0.15, -0.1) is 5.10 Å². The van der Waals surface area contributed by atoms with Crippen molar-refractivity contribution < 1.29 is 38.0 Å². The first kappa shape index (κ1) is 24.8. The maximum atomic E-state index is 13.7. The van der Waals surface area contributed by atoms with Crippen molar-refractivity contribution in [1.29, 1.82) is 0 Å². The van der Waals surface area contributed by atoms with Crippen LogP contribution in [0.3, 0.4) is 0 Å². The average Bonchev–Trinajstić information content (AvgIpc) is 3.32. The van der Waals surface area contributed by atoms with E-state index in [1.807, 2.05) is 0 Å². The number of aliphatic hydroxyl groups is 3. The zero-order chi connectivity index (χ0) is 25.3. The summed E-state index contributed by atoms with van der Waals surface area (Å²) >= 11 is 0. The lowest BCUT2D eigenvalue weighted by Crippen LogP contribution is -2.62. The molecule has 1 aromatic heterocycles. The van der Waals surface area contributed by atoms with Crippen LogP contribution in [-0.4, -0.2) is 78.8 Å². The molecule has 4 rings (SSSR count). The lowest BCUT2D eigenvalue weighted by molar-refractivity contribution is -0.237. The summed E-state index contributed by atoms with van der Waals surface area (Å²) in [7, 11) is 0. The lowest BCUT2D eigenvalue weighted by Gasteiger charge is -2.45. The number of nitrogens with zero attached hydrogens (tertiary/aromatic N) is 4. The minimum Gasteiger partial charge on any atom is -0.394 e. The second-order valence-corrected chi connectivity index (χ2v) is 8.03. The normalized spacial score (nSPS) is 24.4. The summed E-state index contributed by atoms with van der Waals surface area (Å²) in [6, 6.07) is 7.01. The number of rotatable bonds is 6. The Labute approximate surface area is 198 Å². The monoisotopic (exact) mass is 492 g/mol. The fraction of sp³-hybridized carbons (Fsp3) is 0.348. The molecule has 12 heteroatoms. The number of aromatic nitrogens is 3. The summed E-state index contributed by atoms with van der Waals surface area (Å²) in [4.78, 5) is 14.1. The van der Waals surface area contributed by atoms with Crippen molar-refractivity contribution in [3.05, 3.63) is 71.7 Å². The number of hydrogen-bond acceptors (Lipinski definition) is 7. The molecule has 3 N–H and O–H groups in total. The van der Waals surface area contributed by atoms with Gasteiger partial charge in [-0.05, 0) is 37.3 Å². The molecule has 2 heterocycles. The summed E-state index contributed by atoms with van der Waals surface area (Å²) in [6.45, 7) is 0.926. The first-order valence-electron chi connectivity index (χ1n) is 10.8. The molecule has 1 aliphatic rings. The number of hydrogen-bond donors (Lipinski definition) is 3. The highest BCUT2D eigenvalue weighted by Crippen LogP contribution is 2.33. The van der Waals surface area contributed by atoms with E-state index >= 15 is 0 Å². The van der Waals surface area contributed by atoms with E-state index in [4.69, 9.17) is 4.74 Å². The van der Waals surface area contributed by atoms with Crippen molar-refractivity contribution in [2.24, 2.45) is 0 Å². The molecule has 0 radical (unpaired) electrons. The van der Waals surface area contributed by atoms with Crippen LogP contribution >= 0.6 is 0 Å².